The van der Waals surface area contributed by atoms with Crippen LogP contribution in [0.5, 0.6) is 0 Å². The van der Waals surface area contributed by atoms with Crippen molar-refractivity contribution in [2.24, 2.45) is 11.7 Å². The van der Waals surface area contributed by atoms with Gasteiger partial charge in [-0.05, 0) is 19.3 Å². The summed E-state index contributed by atoms with van der Waals surface area (Å²) in [6.45, 7) is 6.86. The molecule has 2 N–H and O–H groups in total. The smallest absolute Gasteiger partial charge is 0.214 e. The van der Waals surface area contributed by atoms with E-state index < -0.39 is 10.0 Å². The molecule has 0 amide bonds. The Kier molecular flexibility index (Phi) is 3.23. The number of rotatable bonds is 4. The molecule has 14 heavy (non-hydrogen) atoms. The quantitative estimate of drug-likeness (QED) is 0.745. The first-order valence-corrected chi connectivity index (χ1v) is 6.60. The van der Waals surface area contributed by atoms with Crippen LogP contribution in [0.2, 0.25) is 0 Å². The highest BCUT2D eigenvalue weighted by Crippen LogP contribution is 2.22. The molecule has 1 saturated heterocycles. The molecule has 1 rings (SSSR count). The lowest BCUT2D eigenvalue weighted by atomic mass is 9.97. The zero-order valence-electron chi connectivity index (χ0n) is 9.16. The zero-order chi connectivity index (χ0) is 11.0. The average molecular weight is 220 g/mol. The highest BCUT2D eigenvalue weighted by Gasteiger charge is 2.41. The topological polar surface area (TPSA) is 63.4 Å². The lowest BCUT2D eigenvalue weighted by Gasteiger charge is -2.44. The second-order valence-electron chi connectivity index (χ2n) is 4.92. The number of hydrogen-bond donors (Lipinski definition) is 1. The first kappa shape index (κ1) is 11.9. The van der Waals surface area contributed by atoms with Crippen LogP contribution in [0.3, 0.4) is 0 Å². The summed E-state index contributed by atoms with van der Waals surface area (Å²) in [5.41, 5.74) is 5.44. The van der Waals surface area contributed by atoms with Crippen LogP contribution in [0.25, 0.3) is 0 Å². The average Bonchev–Trinajstić information content (AvgIpc) is 1.96. The molecule has 0 aliphatic carbocycles. The van der Waals surface area contributed by atoms with Gasteiger partial charge in [0.2, 0.25) is 10.0 Å². The van der Waals surface area contributed by atoms with E-state index in [1.165, 1.54) is 4.31 Å². The standard InChI is InChI=1S/C9H20N2O2S/c1-8(2)4-5-14(12,13)11-6-9(3,10)7-11/h8H,4-7,10H2,1-3H3. The summed E-state index contributed by atoms with van der Waals surface area (Å²) in [6, 6.07) is 0. The molecule has 0 spiro atoms. The normalized spacial score (nSPS) is 22.4. The van der Waals surface area contributed by atoms with Gasteiger partial charge in [-0.3, -0.25) is 0 Å². The van der Waals surface area contributed by atoms with E-state index in [2.05, 4.69) is 0 Å². The van der Waals surface area contributed by atoms with E-state index in [4.69, 9.17) is 5.73 Å². The highest BCUT2D eigenvalue weighted by atomic mass is 32.2. The summed E-state index contributed by atoms with van der Waals surface area (Å²) in [5.74, 6) is 0.677. The van der Waals surface area contributed by atoms with E-state index in [1.807, 2.05) is 20.8 Å². The van der Waals surface area contributed by atoms with Crippen LogP contribution in [-0.4, -0.2) is 37.1 Å². The van der Waals surface area contributed by atoms with Gasteiger partial charge in [-0.25, -0.2) is 8.42 Å². The summed E-state index contributed by atoms with van der Waals surface area (Å²) >= 11 is 0. The monoisotopic (exact) mass is 220 g/mol. The Morgan fingerprint density at radius 3 is 2.29 bits per heavy atom. The van der Waals surface area contributed by atoms with Gasteiger partial charge in [0.1, 0.15) is 0 Å². The fourth-order valence-corrected chi connectivity index (χ4v) is 3.48. The maximum atomic E-state index is 11.7. The third-order valence-electron chi connectivity index (χ3n) is 2.42. The fraction of sp³-hybridized carbons (Fsp3) is 1.00. The molecule has 0 atom stereocenters. The van der Waals surface area contributed by atoms with Crippen molar-refractivity contribution in [3.8, 4) is 0 Å². The largest absolute Gasteiger partial charge is 0.323 e. The molecule has 4 nitrogen and oxygen atoms in total. The molecular weight excluding hydrogens is 200 g/mol. The van der Waals surface area contributed by atoms with Crippen molar-refractivity contribution in [3.63, 3.8) is 0 Å². The summed E-state index contributed by atoms with van der Waals surface area (Å²) in [7, 11) is -3.04. The predicted octanol–water partition coefficient (Wildman–Crippen LogP) is 0.395. The van der Waals surface area contributed by atoms with Crippen LogP contribution in [0.4, 0.5) is 0 Å². The minimum atomic E-state index is -3.04. The first-order chi connectivity index (χ1) is 6.23. The summed E-state index contributed by atoms with van der Waals surface area (Å²) in [4.78, 5) is 0. The molecular formula is C9H20N2O2S. The van der Waals surface area contributed by atoms with Crippen molar-refractivity contribution in [3.05, 3.63) is 0 Å². The summed E-state index contributed by atoms with van der Waals surface area (Å²) < 4.78 is 24.8. The van der Waals surface area contributed by atoms with E-state index in [1.54, 1.807) is 0 Å². The van der Waals surface area contributed by atoms with Crippen LogP contribution < -0.4 is 5.73 Å². The molecule has 1 aliphatic rings. The van der Waals surface area contributed by atoms with Crippen molar-refractivity contribution in [2.45, 2.75) is 32.7 Å². The van der Waals surface area contributed by atoms with Gasteiger partial charge in [-0.15, -0.1) is 0 Å². The van der Waals surface area contributed by atoms with Crippen LogP contribution >= 0.6 is 0 Å². The van der Waals surface area contributed by atoms with E-state index >= 15 is 0 Å². The van der Waals surface area contributed by atoms with Crippen molar-refractivity contribution < 1.29 is 8.42 Å². The van der Waals surface area contributed by atoms with Gasteiger partial charge < -0.3 is 5.73 Å². The van der Waals surface area contributed by atoms with Crippen molar-refractivity contribution in [1.82, 2.24) is 4.31 Å². The molecule has 1 heterocycles. The minimum Gasteiger partial charge on any atom is -0.323 e. The first-order valence-electron chi connectivity index (χ1n) is 5.00. The molecule has 5 heteroatoms. The van der Waals surface area contributed by atoms with Gasteiger partial charge in [-0.2, -0.15) is 4.31 Å². The molecule has 0 unspecified atom stereocenters. The molecule has 0 aromatic heterocycles. The fourth-order valence-electron chi connectivity index (χ4n) is 1.47. The Morgan fingerprint density at radius 1 is 1.43 bits per heavy atom. The van der Waals surface area contributed by atoms with Gasteiger partial charge in [0, 0.05) is 18.6 Å². The Balaban J connectivity index is 2.44. The molecule has 0 saturated carbocycles. The Labute approximate surface area is 86.5 Å². The maximum absolute atomic E-state index is 11.7. The predicted molar refractivity (Wildman–Crippen MR) is 57.4 cm³/mol. The Morgan fingerprint density at radius 2 is 1.93 bits per heavy atom. The maximum Gasteiger partial charge on any atom is 0.214 e. The SMILES string of the molecule is CC(C)CCS(=O)(=O)N1CC(C)(N)C1. The minimum absolute atomic E-state index is 0.251. The molecule has 0 bridgehead atoms. The summed E-state index contributed by atoms with van der Waals surface area (Å²) in [5, 5.41) is 0. The molecule has 1 fully saturated rings. The molecule has 0 aromatic rings. The van der Waals surface area contributed by atoms with Crippen molar-refractivity contribution >= 4 is 10.0 Å². The van der Waals surface area contributed by atoms with E-state index in [0.717, 1.165) is 6.42 Å². The zero-order valence-corrected chi connectivity index (χ0v) is 9.97. The van der Waals surface area contributed by atoms with Gasteiger partial charge in [0.15, 0.2) is 0 Å². The van der Waals surface area contributed by atoms with Gasteiger partial charge >= 0.3 is 0 Å². The number of nitrogens with zero attached hydrogens (tertiary/aromatic N) is 1. The third kappa shape index (κ3) is 2.93. The van der Waals surface area contributed by atoms with Gasteiger partial charge in [-0.1, -0.05) is 13.8 Å². The van der Waals surface area contributed by atoms with Gasteiger partial charge in [0.25, 0.3) is 0 Å². The molecule has 84 valence electrons. The number of sulfonamides is 1. The molecule has 0 radical (unpaired) electrons. The third-order valence-corrected chi connectivity index (χ3v) is 4.22. The van der Waals surface area contributed by atoms with Crippen molar-refractivity contribution in [2.75, 3.05) is 18.8 Å². The van der Waals surface area contributed by atoms with Crippen molar-refractivity contribution in [1.29, 1.82) is 0 Å². The Bertz CT molecular complexity index is 288. The summed E-state index contributed by atoms with van der Waals surface area (Å²) in [6.07, 6.45) is 0.722. The van der Waals surface area contributed by atoms with E-state index in [0.29, 0.717) is 19.0 Å². The lowest BCUT2D eigenvalue weighted by Crippen LogP contribution is -2.66. The highest BCUT2D eigenvalue weighted by molar-refractivity contribution is 7.89. The lowest BCUT2D eigenvalue weighted by molar-refractivity contribution is 0.176. The second-order valence-corrected chi connectivity index (χ2v) is 7.01. The molecule has 1 aliphatic heterocycles. The van der Waals surface area contributed by atoms with Crippen LogP contribution in [0.15, 0.2) is 0 Å². The Hall–Kier alpha value is -0.130. The van der Waals surface area contributed by atoms with Gasteiger partial charge in [0.05, 0.1) is 5.75 Å². The number of hydrogen-bond acceptors (Lipinski definition) is 3. The van der Waals surface area contributed by atoms with E-state index in [-0.39, 0.29) is 11.3 Å². The second kappa shape index (κ2) is 3.79. The van der Waals surface area contributed by atoms with E-state index in [9.17, 15) is 8.42 Å². The number of nitrogens with two attached hydrogens (primary N) is 1. The molecule has 0 aromatic carbocycles. The van der Waals surface area contributed by atoms with Crippen LogP contribution in [0, 0.1) is 5.92 Å². The van der Waals surface area contributed by atoms with Crippen LogP contribution in [-0.2, 0) is 10.0 Å². The van der Waals surface area contributed by atoms with Crippen LogP contribution in [0.1, 0.15) is 27.2 Å².